The van der Waals surface area contributed by atoms with Crippen LogP contribution in [0.4, 0.5) is 5.69 Å². The van der Waals surface area contributed by atoms with E-state index in [0.717, 1.165) is 34.8 Å². The van der Waals surface area contributed by atoms with E-state index in [-0.39, 0.29) is 11.8 Å². The highest BCUT2D eigenvalue weighted by Gasteiger charge is 2.48. The van der Waals surface area contributed by atoms with Crippen LogP contribution in [0.2, 0.25) is 0 Å². The highest BCUT2D eigenvalue weighted by molar-refractivity contribution is 9.10. The number of carbonyl (C=O) groups excluding carboxylic acids is 1. The maximum absolute atomic E-state index is 12.2. The Morgan fingerprint density at radius 2 is 2.06 bits per heavy atom. The summed E-state index contributed by atoms with van der Waals surface area (Å²) in [4.78, 5) is 12.2. The number of hydrogen-bond donors (Lipinski definition) is 1. The van der Waals surface area contributed by atoms with Crippen molar-refractivity contribution in [3.8, 4) is 5.75 Å². The second kappa shape index (κ2) is 4.57. The molecule has 2 aliphatic carbocycles. The summed E-state index contributed by atoms with van der Waals surface area (Å²) in [6.45, 7) is 0. The highest BCUT2D eigenvalue weighted by Crippen LogP contribution is 2.54. The van der Waals surface area contributed by atoms with Crippen LogP contribution in [0.25, 0.3) is 0 Å². The summed E-state index contributed by atoms with van der Waals surface area (Å²) in [5.74, 6) is 2.68. The van der Waals surface area contributed by atoms with Gasteiger partial charge in [-0.15, -0.1) is 0 Å². The predicted molar refractivity (Wildman–Crippen MR) is 73.6 cm³/mol. The number of methoxy groups -OCH3 is 1. The van der Waals surface area contributed by atoms with Crippen molar-refractivity contribution >= 4 is 27.5 Å². The Hall–Kier alpha value is -1.03. The third-order valence-corrected chi connectivity index (χ3v) is 4.53. The number of carbonyl (C=O) groups is 1. The summed E-state index contributed by atoms with van der Waals surface area (Å²) < 4.78 is 6.20. The Morgan fingerprint density at radius 3 is 2.72 bits per heavy atom. The maximum atomic E-state index is 12.2. The fourth-order valence-corrected chi connectivity index (χ4v) is 3.30. The average Bonchev–Trinajstić information content (AvgIpc) is 2.96. The van der Waals surface area contributed by atoms with Gasteiger partial charge in [0.1, 0.15) is 5.75 Å². The lowest BCUT2D eigenvalue weighted by molar-refractivity contribution is -0.120. The zero-order valence-electron chi connectivity index (χ0n) is 10.3. The van der Waals surface area contributed by atoms with Crippen molar-refractivity contribution in [2.75, 3.05) is 12.4 Å². The smallest absolute Gasteiger partial charge is 0.227 e. The van der Waals surface area contributed by atoms with Gasteiger partial charge in [-0.2, -0.15) is 0 Å². The van der Waals surface area contributed by atoms with E-state index < -0.39 is 0 Å². The molecule has 2 atom stereocenters. The number of benzene rings is 1. The van der Waals surface area contributed by atoms with Crippen LogP contribution in [-0.4, -0.2) is 13.0 Å². The minimum atomic E-state index is 0.138. The monoisotopic (exact) mass is 309 g/mol. The van der Waals surface area contributed by atoms with Gasteiger partial charge < -0.3 is 10.1 Å². The Kier molecular flexibility index (Phi) is 3.06. The first kappa shape index (κ1) is 12.0. The molecule has 1 aromatic rings. The van der Waals surface area contributed by atoms with E-state index >= 15 is 0 Å². The van der Waals surface area contributed by atoms with E-state index in [9.17, 15) is 4.79 Å². The van der Waals surface area contributed by atoms with E-state index in [2.05, 4.69) is 21.2 Å². The van der Waals surface area contributed by atoms with Crippen LogP contribution in [-0.2, 0) is 4.79 Å². The molecule has 0 saturated heterocycles. The number of halogens is 1. The normalized spacial score (nSPS) is 28.7. The lowest BCUT2D eigenvalue weighted by Crippen LogP contribution is -2.21. The van der Waals surface area contributed by atoms with Gasteiger partial charge in [0.05, 0.1) is 12.8 Å². The SMILES string of the molecule is COc1ccc(Br)cc1NC(=O)C1CC2CC2C1. The number of amides is 1. The van der Waals surface area contributed by atoms with Crippen LogP contribution in [0.1, 0.15) is 19.3 Å². The van der Waals surface area contributed by atoms with Gasteiger partial charge in [0, 0.05) is 10.4 Å². The minimum absolute atomic E-state index is 0.138. The Bertz CT molecular complexity index is 479. The van der Waals surface area contributed by atoms with E-state index in [1.165, 1.54) is 6.42 Å². The van der Waals surface area contributed by atoms with Crippen LogP contribution in [0.3, 0.4) is 0 Å². The first-order valence-electron chi connectivity index (χ1n) is 6.32. The first-order chi connectivity index (χ1) is 8.67. The Morgan fingerprint density at radius 1 is 1.33 bits per heavy atom. The summed E-state index contributed by atoms with van der Waals surface area (Å²) in [5, 5.41) is 2.99. The maximum Gasteiger partial charge on any atom is 0.227 e. The number of fused-ring (bicyclic) bond motifs is 1. The minimum Gasteiger partial charge on any atom is -0.495 e. The van der Waals surface area contributed by atoms with Gasteiger partial charge in [-0.1, -0.05) is 15.9 Å². The number of nitrogens with one attached hydrogen (secondary N) is 1. The van der Waals surface area contributed by atoms with Gasteiger partial charge >= 0.3 is 0 Å². The van der Waals surface area contributed by atoms with Gasteiger partial charge in [-0.05, 0) is 49.3 Å². The standard InChI is InChI=1S/C14H16BrNO2/c1-18-13-3-2-11(15)7-12(13)16-14(17)10-5-8-4-9(8)6-10/h2-3,7-10H,4-6H2,1H3,(H,16,17). The number of rotatable bonds is 3. The largest absolute Gasteiger partial charge is 0.495 e. The zero-order valence-corrected chi connectivity index (χ0v) is 11.9. The molecule has 18 heavy (non-hydrogen) atoms. The second-order valence-corrected chi connectivity index (χ2v) is 6.17. The van der Waals surface area contributed by atoms with Crippen LogP contribution in [0.15, 0.2) is 22.7 Å². The molecule has 1 amide bonds. The molecule has 1 aromatic carbocycles. The molecule has 2 fully saturated rings. The first-order valence-corrected chi connectivity index (χ1v) is 7.11. The molecule has 0 heterocycles. The molecule has 96 valence electrons. The van der Waals surface area contributed by atoms with E-state index in [4.69, 9.17) is 4.74 Å². The second-order valence-electron chi connectivity index (χ2n) is 5.26. The highest BCUT2D eigenvalue weighted by atomic mass is 79.9. The molecular weight excluding hydrogens is 294 g/mol. The molecule has 0 bridgehead atoms. The molecule has 3 rings (SSSR count). The fourth-order valence-electron chi connectivity index (χ4n) is 2.94. The Labute approximate surface area is 115 Å². The van der Waals surface area contributed by atoms with Gasteiger partial charge in [-0.3, -0.25) is 4.79 Å². The van der Waals surface area contributed by atoms with Crippen molar-refractivity contribution in [2.45, 2.75) is 19.3 Å². The summed E-state index contributed by atoms with van der Waals surface area (Å²) in [7, 11) is 1.61. The zero-order chi connectivity index (χ0) is 12.7. The summed E-state index contributed by atoms with van der Waals surface area (Å²) in [5.41, 5.74) is 0.748. The molecule has 0 radical (unpaired) electrons. The molecule has 2 saturated carbocycles. The van der Waals surface area contributed by atoms with Crippen molar-refractivity contribution in [1.29, 1.82) is 0 Å². The van der Waals surface area contributed by atoms with Gasteiger partial charge in [-0.25, -0.2) is 0 Å². The number of ether oxygens (including phenoxy) is 1. The topological polar surface area (TPSA) is 38.3 Å². The van der Waals surface area contributed by atoms with Crippen LogP contribution in [0.5, 0.6) is 5.75 Å². The summed E-state index contributed by atoms with van der Waals surface area (Å²) >= 11 is 3.41. The van der Waals surface area contributed by atoms with Crippen LogP contribution in [0, 0.1) is 17.8 Å². The van der Waals surface area contributed by atoms with E-state index in [0.29, 0.717) is 5.75 Å². The van der Waals surface area contributed by atoms with Gasteiger partial charge in [0.25, 0.3) is 0 Å². The molecule has 2 aliphatic rings. The van der Waals surface area contributed by atoms with Crippen LogP contribution >= 0.6 is 15.9 Å². The molecule has 0 aliphatic heterocycles. The lowest BCUT2D eigenvalue weighted by atomic mass is 10.0. The molecule has 0 spiro atoms. The van der Waals surface area contributed by atoms with E-state index in [1.807, 2.05) is 18.2 Å². The number of hydrogen-bond acceptors (Lipinski definition) is 2. The molecular formula is C14H16BrNO2. The van der Waals surface area contributed by atoms with Gasteiger partial charge in [0.15, 0.2) is 0 Å². The Balaban J connectivity index is 1.71. The quantitative estimate of drug-likeness (QED) is 0.929. The average molecular weight is 310 g/mol. The molecule has 1 N–H and O–H groups in total. The van der Waals surface area contributed by atoms with Crippen molar-refractivity contribution < 1.29 is 9.53 Å². The summed E-state index contributed by atoms with van der Waals surface area (Å²) in [6, 6.07) is 5.64. The van der Waals surface area contributed by atoms with Crippen molar-refractivity contribution in [3.05, 3.63) is 22.7 Å². The molecule has 0 aromatic heterocycles. The van der Waals surface area contributed by atoms with Crippen LogP contribution < -0.4 is 10.1 Å². The van der Waals surface area contributed by atoms with Gasteiger partial charge in [0.2, 0.25) is 5.91 Å². The summed E-state index contributed by atoms with van der Waals surface area (Å²) in [6.07, 6.45) is 3.46. The van der Waals surface area contributed by atoms with Crippen molar-refractivity contribution in [3.63, 3.8) is 0 Å². The number of anilines is 1. The van der Waals surface area contributed by atoms with E-state index in [1.54, 1.807) is 7.11 Å². The third kappa shape index (κ3) is 2.26. The van der Waals surface area contributed by atoms with Crippen molar-refractivity contribution in [2.24, 2.45) is 17.8 Å². The fraction of sp³-hybridized carbons (Fsp3) is 0.500. The lowest BCUT2D eigenvalue weighted by Gasteiger charge is -2.14. The molecule has 2 unspecified atom stereocenters. The van der Waals surface area contributed by atoms with Crippen molar-refractivity contribution in [1.82, 2.24) is 0 Å². The predicted octanol–water partition coefficient (Wildman–Crippen LogP) is 3.44. The third-order valence-electron chi connectivity index (χ3n) is 4.03. The molecule has 4 heteroatoms. The molecule has 3 nitrogen and oxygen atoms in total.